The van der Waals surface area contributed by atoms with Gasteiger partial charge in [-0.2, -0.15) is 12.6 Å². The molecule has 1 aromatic heterocycles. The number of pyridine rings is 1. The van der Waals surface area contributed by atoms with E-state index < -0.39 is 0 Å². The molecule has 1 aromatic rings. The summed E-state index contributed by atoms with van der Waals surface area (Å²) in [6, 6.07) is 3.53. The third-order valence-corrected chi connectivity index (χ3v) is 3.06. The Bertz CT molecular complexity index is 365. The minimum Gasteiger partial charge on any atom is -0.384 e. The highest BCUT2D eigenvalue weighted by molar-refractivity contribution is 7.80. The van der Waals surface area contributed by atoms with Gasteiger partial charge >= 0.3 is 0 Å². The lowest BCUT2D eigenvalue weighted by molar-refractivity contribution is -0.117. The number of anilines is 2. The zero-order valence-corrected chi connectivity index (χ0v) is 9.15. The maximum absolute atomic E-state index is 11.7. The van der Waals surface area contributed by atoms with Crippen LogP contribution in [0.3, 0.4) is 0 Å². The second-order valence-corrected chi connectivity index (χ2v) is 4.06. The van der Waals surface area contributed by atoms with Crippen LogP contribution in [0.1, 0.15) is 6.42 Å². The zero-order valence-electron chi connectivity index (χ0n) is 8.26. The Morgan fingerprint density at radius 1 is 1.60 bits per heavy atom. The molecule has 5 heteroatoms. The van der Waals surface area contributed by atoms with Crippen LogP contribution >= 0.6 is 12.6 Å². The minimum atomic E-state index is 0.139. The minimum absolute atomic E-state index is 0.139. The third-order valence-electron chi connectivity index (χ3n) is 2.55. The first-order chi connectivity index (χ1) is 7.20. The Labute approximate surface area is 93.9 Å². The number of nitrogens with zero attached hydrogens (tertiary/aromatic N) is 2. The normalized spacial score (nSPS) is 21.0. The maximum atomic E-state index is 11.7. The monoisotopic (exact) mass is 223 g/mol. The summed E-state index contributed by atoms with van der Waals surface area (Å²) in [7, 11) is 0. The van der Waals surface area contributed by atoms with E-state index in [9.17, 15) is 4.79 Å². The molecular weight excluding hydrogens is 210 g/mol. The second kappa shape index (κ2) is 4.10. The largest absolute Gasteiger partial charge is 0.384 e. The van der Waals surface area contributed by atoms with E-state index in [0.29, 0.717) is 18.2 Å². The van der Waals surface area contributed by atoms with Crippen molar-refractivity contribution in [3.8, 4) is 0 Å². The molecule has 2 N–H and O–H groups in total. The van der Waals surface area contributed by atoms with Gasteiger partial charge in [0.05, 0.1) is 11.9 Å². The number of aromatic nitrogens is 1. The molecule has 1 saturated heterocycles. The lowest BCUT2D eigenvalue weighted by Gasteiger charge is -2.15. The summed E-state index contributed by atoms with van der Waals surface area (Å²) in [6.07, 6.45) is 2.21. The number of carbonyl (C=O) groups is 1. The molecule has 1 amide bonds. The standard InChI is InChI=1S/C10H13N3OS/c11-9-2-1-8(4-12-9)13-5-7(6-15)3-10(13)14/h1-2,4,7,15H,3,5-6H2,(H2,11,12). The summed E-state index contributed by atoms with van der Waals surface area (Å²) >= 11 is 4.21. The van der Waals surface area contributed by atoms with Crippen molar-refractivity contribution in [2.24, 2.45) is 5.92 Å². The first-order valence-corrected chi connectivity index (χ1v) is 5.46. The lowest BCUT2D eigenvalue weighted by Crippen LogP contribution is -2.24. The fourth-order valence-corrected chi connectivity index (χ4v) is 1.96. The fourth-order valence-electron chi connectivity index (χ4n) is 1.71. The van der Waals surface area contributed by atoms with Crippen LogP contribution < -0.4 is 10.6 Å². The van der Waals surface area contributed by atoms with Gasteiger partial charge in [-0.25, -0.2) is 4.98 Å². The van der Waals surface area contributed by atoms with Crippen molar-refractivity contribution >= 4 is 30.0 Å². The smallest absolute Gasteiger partial charge is 0.227 e. The molecule has 1 atom stereocenters. The fraction of sp³-hybridized carbons (Fsp3) is 0.400. The van der Waals surface area contributed by atoms with E-state index in [1.807, 2.05) is 6.07 Å². The first-order valence-electron chi connectivity index (χ1n) is 4.83. The van der Waals surface area contributed by atoms with Crippen molar-refractivity contribution in [3.05, 3.63) is 18.3 Å². The van der Waals surface area contributed by atoms with Gasteiger partial charge in [0.2, 0.25) is 5.91 Å². The van der Waals surface area contributed by atoms with Crippen LogP contribution in [0.15, 0.2) is 18.3 Å². The van der Waals surface area contributed by atoms with E-state index in [2.05, 4.69) is 17.6 Å². The van der Waals surface area contributed by atoms with Crippen LogP contribution in [0.5, 0.6) is 0 Å². The molecule has 0 aliphatic carbocycles. The molecule has 15 heavy (non-hydrogen) atoms. The van der Waals surface area contributed by atoms with Gasteiger partial charge in [-0.15, -0.1) is 0 Å². The highest BCUT2D eigenvalue weighted by Gasteiger charge is 2.29. The summed E-state index contributed by atoms with van der Waals surface area (Å²) in [5, 5.41) is 0. The zero-order chi connectivity index (χ0) is 10.8. The van der Waals surface area contributed by atoms with Crippen LogP contribution in [0, 0.1) is 5.92 Å². The van der Waals surface area contributed by atoms with Crippen LogP contribution in [-0.4, -0.2) is 23.2 Å². The number of thiol groups is 1. The molecule has 1 unspecified atom stereocenters. The molecule has 2 rings (SSSR count). The predicted molar refractivity (Wildman–Crippen MR) is 63.0 cm³/mol. The van der Waals surface area contributed by atoms with E-state index in [4.69, 9.17) is 5.73 Å². The van der Waals surface area contributed by atoms with Crippen molar-refractivity contribution in [2.75, 3.05) is 22.9 Å². The summed E-state index contributed by atoms with van der Waals surface area (Å²) in [5.74, 6) is 1.69. The summed E-state index contributed by atoms with van der Waals surface area (Å²) in [4.78, 5) is 17.4. The van der Waals surface area contributed by atoms with E-state index in [1.54, 1.807) is 17.2 Å². The second-order valence-electron chi connectivity index (χ2n) is 3.70. The molecule has 80 valence electrons. The molecule has 4 nitrogen and oxygen atoms in total. The Balaban J connectivity index is 2.18. The van der Waals surface area contributed by atoms with Crippen molar-refractivity contribution in [3.63, 3.8) is 0 Å². The number of carbonyl (C=O) groups excluding carboxylic acids is 1. The van der Waals surface area contributed by atoms with Gasteiger partial charge in [-0.3, -0.25) is 4.79 Å². The molecular formula is C10H13N3OS. The van der Waals surface area contributed by atoms with Crippen molar-refractivity contribution < 1.29 is 4.79 Å². The van der Waals surface area contributed by atoms with Gasteiger partial charge in [-0.1, -0.05) is 0 Å². The van der Waals surface area contributed by atoms with E-state index in [1.165, 1.54) is 0 Å². The van der Waals surface area contributed by atoms with Gasteiger partial charge in [0, 0.05) is 13.0 Å². The average Bonchev–Trinajstić information content (AvgIpc) is 2.61. The van der Waals surface area contributed by atoms with E-state index in [0.717, 1.165) is 18.0 Å². The van der Waals surface area contributed by atoms with Gasteiger partial charge in [-0.05, 0) is 23.8 Å². The summed E-state index contributed by atoms with van der Waals surface area (Å²) in [5.41, 5.74) is 6.30. The molecule has 0 aromatic carbocycles. The van der Waals surface area contributed by atoms with Crippen molar-refractivity contribution in [1.29, 1.82) is 0 Å². The highest BCUT2D eigenvalue weighted by Crippen LogP contribution is 2.25. The predicted octanol–water partition coefficient (Wildman–Crippen LogP) is 0.947. The molecule has 1 aliphatic rings. The van der Waals surface area contributed by atoms with Gasteiger partial charge in [0.15, 0.2) is 0 Å². The molecule has 1 aliphatic heterocycles. The van der Waals surface area contributed by atoms with Gasteiger partial charge < -0.3 is 10.6 Å². The number of hydrogen-bond donors (Lipinski definition) is 2. The van der Waals surface area contributed by atoms with Gasteiger partial charge in [0.25, 0.3) is 0 Å². The van der Waals surface area contributed by atoms with Crippen molar-refractivity contribution in [2.45, 2.75) is 6.42 Å². The maximum Gasteiger partial charge on any atom is 0.227 e. The highest BCUT2D eigenvalue weighted by atomic mass is 32.1. The number of amides is 1. The SMILES string of the molecule is Nc1ccc(N2CC(CS)CC2=O)cn1. The number of rotatable bonds is 2. The average molecular weight is 223 g/mol. The molecule has 0 radical (unpaired) electrons. The van der Waals surface area contributed by atoms with E-state index >= 15 is 0 Å². The van der Waals surface area contributed by atoms with Crippen molar-refractivity contribution in [1.82, 2.24) is 4.98 Å². The Kier molecular flexibility index (Phi) is 2.81. The Morgan fingerprint density at radius 2 is 2.40 bits per heavy atom. The van der Waals surface area contributed by atoms with Crippen LogP contribution in [-0.2, 0) is 4.79 Å². The Hall–Kier alpha value is -1.23. The number of hydrogen-bond acceptors (Lipinski definition) is 4. The Morgan fingerprint density at radius 3 is 2.93 bits per heavy atom. The van der Waals surface area contributed by atoms with Gasteiger partial charge in [0.1, 0.15) is 5.82 Å². The topological polar surface area (TPSA) is 59.2 Å². The summed E-state index contributed by atoms with van der Waals surface area (Å²) < 4.78 is 0. The number of nitrogens with two attached hydrogens (primary N) is 1. The summed E-state index contributed by atoms with van der Waals surface area (Å²) in [6.45, 7) is 0.730. The molecule has 2 heterocycles. The van der Waals surface area contributed by atoms with Crippen LogP contribution in [0.25, 0.3) is 0 Å². The quantitative estimate of drug-likeness (QED) is 0.734. The van der Waals surface area contributed by atoms with E-state index in [-0.39, 0.29) is 5.91 Å². The van der Waals surface area contributed by atoms with Crippen LogP contribution in [0.4, 0.5) is 11.5 Å². The van der Waals surface area contributed by atoms with Crippen LogP contribution in [0.2, 0.25) is 0 Å². The molecule has 0 saturated carbocycles. The molecule has 0 bridgehead atoms. The molecule has 1 fully saturated rings. The lowest BCUT2D eigenvalue weighted by atomic mass is 10.1. The molecule has 0 spiro atoms. The number of nitrogen functional groups attached to an aromatic ring is 1. The third kappa shape index (κ3) is 2.07. The first kappa shape index (κ1) is 10.3.